The van der Waals surface area contributed by atoms with E-state index < -0.39 is 29.4 Å². The van der Waals surface area contributed by atoms with Gasteiger partial charge in [0.25, 0.3) is 0 Å². The maximum atomic E-state index is 13.1. The molecular weight excluding hydrogens is 371 g/mol. The van der Waals surface area contributed by atoms with Crippen LogP contribution in [-0.4, -0.2) is 18.2 Å². The van der Waals surface area contributed by atoms with Crippen LogP contribution >= 0.6 is 0 Å². The maximum Gasteiger partial charge on any atom is 0.416 e. The third-order valence-electron chi connectivity index (χ3n) is 4.09. The fourth-order valence-electron chi connectivity index (χ4n) is 2.62. The first-order chi connectivity index (χ1) is 12.7. The van der Waals surface area contributed by atoms with E-state index >= 15 is 0 Å². The van der Waals surface area contributed by atoms with Crippen LogP contribution in [0.1, 0.15) is 18.4 Å². The van der Waals surface area contributed by atoms with Crippen LogP contribution in [-0.2, 0) is 6.18 Å². The van der Waals surface area contributed by atoms with Gasteiger partial charge in [-0.2, -0.15) is 13.2 Å². The Labute approximate surface area is 151 Å². The van der Waals surface area contributed by atoms with Gasteiger partial charge < -0.3 is 15.4 Å². The molecular formula is C18H15F5N2O2. The number of benzene rings is 2. The number of carbonyl (C=O) groups excluding carboxylic acids is 1. The van der Waals surface area contributed by atoms with Crippen LogP contribution in [0.5, 0.6) is 5.75 Å². The summed E-state index contributed by atoms with van der Waals surface area (Å²) < 4.78 is 69.0. The van der Waals surface area contributed by atoms with Crippen LogP contribution in [0.3, 0.4) is 0 Å². The average molecular weight is 386 g/mol. The van der Waals surface area contributed by atoms with Crippen molar-refractivity contribution in [3.05, 3.63) is 59.7 Å². The lowest BCUT2D eigenvalue weighted by atomic mass is 9.89. The molecule has 2 amide bonds. The lowest BCUT2D eigenvalue weighted by Crippen LogP contribution is -2.50. The summed E-state index contributed by atoms with van der Waals surface area (Å²) >= 11 is 0. The molecule has 1 saturated carbocycles. The Morgan fingerprint density at radius 1 is 1.00 bits per heavy atom. The minimum Gasteiger partial charge on any atom is -0.490 e. The number of rotatable bonds is 4. The van der Waals surface area contributed by atoms with Gasteiger partial charge in [-0.05, 0) is 36.4 Å². The molecule has 0 bridgehead atoms. The zero-order valence-electron chi connectivity index (χ0n) is 13.8. The molecule has 0 heterocycles. The van der Waals surface area contributed by atoms with E-state index in [1.54, 1.807) is 0 Å². The summed E-state index contributed by atoms with van der Waals surface area (Å²) in [6.45, 7) is 0. The van der Waals surface area contributed by atoms with Gasteiger partial charge in [-0.1, -0.05) is 0 Å². The summed E-state index contributed by atoms with van der Waals surface area (Å²) in [7, 11) is 0. The van der Waals surface area contributed by atoms with Gasteiger partial charge in [0.1, 0.15) is 11.9 Å². The predicted octanol–water partition coefficient (Wildman–Crippen LogP) is 4.72. The van der Waals surface area contributed by atoms with Gasteiger partial charge in [-0.15, -0.1) is 0 Å². The zero-order chi connectivity index (χ0) is 19.6. The lowest BCUT2D eigenvalue weighted by molar-refractivity contribution is -0.137. The minimum absolute atomic E-state index is 0.114. The van der Waals surface area contributed by atoms with Crippen LogP contribution < -0.4 is 15.4 Å². The van der Waals surface area contributed by atoms with Gasteiger partial charge in [-0.3, -0.25) is 0 Å². The number of amides is 2. The second-order valence-electron chi connectivity index (χ2n) is 6.16. The second-order valence-corrected chi connectivity index (χ2v) is 6.16. The highest BCUT2D eigenvalue weighted by atomic mass is 19.4. The van der Waals surface area contributed by atoms with Crippen molar-refractivity contribution in [1.29, 1.82) is 0 Å². The van der Waals surface area contributed by atoms with Gasteiger partial charge in [0, 0.05) is 30.6 Å². The Hall–Kier alpha value is -2.84. The van der Waals surface area contributed by atoms with Crippen LogP contribution in [0.2, 0.25) is 0 Å². The first kappa shape index (κ1) is 18.9. The van der Waals surface area contributed by atoms with Gasteiger partial charge in [0.15, 0.2) is 11.6 Å². The molecule has 144 valence electrons. The molecule has 0 atom stereocenters. The molecule has 2 N–H and O–H groups in total. The highest BCUT2D eigenvalue weighted by Gasteiger charge is 2.33. The topological polar surface area (TPSA) is 50.4 Å². The molecule has 0 saturated heterocycles. The summed E-state index contributed by atoms with van der Waals surface area (Å²) in [5, 5.41) is 5.04. The van der Waals surface area contributed by atoms with E-state index in [0.717, 1.165) is 24.3 Å². The number of hydrogen-bond acceptors (Lipinski definition) is 2. The Morgan fingerprint density at radius 2 is 1.67 bits per heavy atom. The highest BCUT2D eigenvalue weighted by molar-refractivity contribution is 5.89. The quantitative estimate of drug-likeness (QED) is 0.748. The van der Waals surface area contributed by atoms with Crippen molar-refractivity contribution in [3.8, 4) is 5.75 Å². The molecule has 1 aliphatic rings. The van der Waals surface area contributed by atoms with E-state index in [4.69, 9.17) is 4.74 Å². The van der Waals surface area contributed by atoms with E-state index in [2.05, 4.69) is 10.6 Å². The number of anilines is 1. The number of alkyl halides is 3. The SMILES string of the molecule is O=C(Nc1ccc(F)c(F)c1)NC1CC(Oc2ccc(C(F)(F)F)cc2)C1. The molecule has 1 aliphatic carbocycles. The summed E-state index contributed by atoms with van der Waals surface area (Å²) in [5.41, 5.74) is -0.639. The fraction of sp³-hybridized carbons (Fsp3) is 0.278. The largest absolute Gasteiger partial charge is 0.490 e. The minimum atomic E-state index is -4.40. The number of halogens is 5. The summed E-state index contributed by atoms with van der Waals surface area (Å²) in [6.07, 6.45) is -3.67. The maximum absolute atomic E-state index is 13.1. The van der Waals surface area contributed by atoms with Crippen LogP contribution in [0.25, 0.3) is 0 Å². The van der Waals surface area contributed by atoms with Gasteiger partial charge >= 0.3 is 12.2 Å². The summed E-state index contributed by atoms with van der Waals surface area (Å²) in [4.78, 5) is 11.8. The lowest BCUT2D eigenvalue weighted by Gasteiger charge is -2.35. The molecule has 27 heavy (non-hydrogen) atoms. The zero-order valence-corrected chi connectivity index (χ0v) is 13.8. The normalized spacial score (nSPS) is 19.1. The molecule has 0 unspecified atom stereocenters. The molecule has 0 radical (unpaired) electrons. The summed E-state index contributed by atoms with van der Waals surface area (Å²) in [5.74, 6) is -1.76. The molecule has 4 nitrogen and oxygen atoms in total. The standard InChI is InChI=1S/C18H15F5N2O2/c19-15-6-3-11(9-16(15)20)24-17(26)25-12-7-14(8-12)27-13-4-1-10(2-5-13)18(21,22)23/h1-6,9,12,14H,7-8H2,(H2,24,25,26). The first-order valence-corrected chi connectivity index (χ1v) is 8.07. The van der Waals surface area contributed by atoms with Crippen LogP contribution in [0.4, 0.5) is 32.4 Å². The number of nitrogens with one attached hydrogen (secondary N) is 2. The van der Waals surface area contributed by atoms with Crippen molar-refractivity contribution >= 4 is 11.7 Å². The monoisotopic (exact) mass is 386 g/mol. The van der Waals surface area contributed by atoms with E-state index in [1.807, 2.05) is 0 Å². The van der Waals surface area contributed by atoms with Gasteiger partial charge in [0.2, 0.25) is 0 Å². The van der Waals surface area contributed by atoms with E-state index in [9.17, 15) is 26.7 Å². The average Bonchev–Trinajstić information content (AvgIpc) is 2.56. The van der Waals surface area contributed by atoms with E-state index in [-0.39, 0.29) is 17.8 Å². The van der Waals surface area contributed by atoms with E-state index in [0.29, 0.717) is 18.6 Å². The molecule has 1 fully saturated rings. The molecule has 0 aliphatic heterocycles. The Kier molecular flexibility index (Phi) is 5.20. The van der Waals surface area contributed by atoms with Crippen molar-refractivity contribution in [2.24, 2.45) is 0 Å². The Morgan fingerprint density at radius 3 is 2.26 bits per heavy atom. The first-order valence-electron chi connectivity index (χ1n) is 8.07. The molecule has 9 heteroatoms. The highest BCUT2D eigenvalue weighted by Crippen LogP contribution is 2.32. The molecule has 2 aromatic rings. The van der Waals surface area contributed by atoms with Gasteiger partial charge in [-0.25, -0.2) is 13.6 Å². The third-order valence-corrected chi connectivity index (χ3v) is 4.09. The van der Waals surface area contributed by atoms with Crippen LogP contribution in [0.15, 0.2) is 42.5 Å². The number of urea groups is 1. The van der Waals surface area contributed by atoms with Gasteiger partial charge in [0.05, 0.1) is 5.56 Å². The second kappa shape index (κ2) is 7.42. The number of carbonyl (C=O) groups is 1. The Balaban J connectivity index is 1.43. The van der Waals surface area contributed by atoms with Crippen molar-refractivity contribution < 1.29 is 31.5 Å². The molecule has 0 aromatic heterocycles. The Bertz CT molecular complexity index is 817. The molecule has 0 spiro atoms. The van der Waals surface area contributed by atoms with Crippen molar-refractivity contribution in [2.75, 3.05) is 5.32 Å². The van der Waals surface area contributed by atoms with Crippen molar-refractivity contribution in [2.45, 2.75) is 31.2 Å². The fourth-order valence-corrected chi connectivity index (χ4v) is 2.62. The van der Waals surface area contributed by atoms with Crippen LogP contribution in [0, 0.1) is 11.6 Å². The third kappa shape index (κ3) is 4.87. The summed E-state index contributed by atoms with van der Waals surface area (Å²) in [6, 6.07) is 6.63. The smallest absolute Gasteiger partial charge is 0.416 e. The van der Waals surface area contributed by atoms with Crippen molar-refractivity contribution in [1.82, 2.24) is 5.32 Å². The predicted molar refractivity (Wildman–Crippen MR) is 87.4 cm³/mol. The molecule has 2 aromatic carbocycles. The van der Waals surface area contributed by atoms with Crippen molar-refractivity contribution in [3.63, 3.8) is 0 Å². The number of hydrogen-bond donors (Lipinski definition) is 2. The number of ether oxygens (including phenoxy) is 1. The van der Waals surface area contributed by atoms with E-state index in [1.165, 1.54) is 18.2 Å². The molecule has 3 rings (SSSR count).